The zero-order valence-electron chi connectivity index (χ0n) is 14.6. The molecule has 25 heavy (non-hydrogen) atoms. The molecule has 8 nitrogen and oxygen atoms in total. The molecule has 2 heterocycles. The number of rotatable bonds is 8. The number of ether oxygens (including phenoxy) is 2. The molecule has 0 aliphatic heterocycles. The molecular formula is C16H21N3O5S. The van der Waals surface area contributed by atoms with E-state index in [9.17, 15) is 9.59 Å². The molecule has 0 saturated heterocycles. The molecule has 0 radical (unpaired) electrons. The quantitative estimate of drug-likeness (QED) is 0.704. The largest absolute Gasteiger partial charge is 0.467 e. The van der Waals surface area contributed by atoms with Gasteiger partial charge in [-0.15, -0.1) is 0 Å². The van der Waals surface area contributed by atoms with Gasteiger partial charge in [0.25, 0.3) is 0 Å². The van der Waals surface area contributed by atoms with E-state index in [2.05, 4.69) is 15.3 Å². The Kier molecular flexibility index (Phi) is 6.63. The lowest BCUT2D eigenvalue weighted by atomic mass is 10.1. The van der Waals surface area contributed by atoms with E-state index in [0.29, 0.717) is 23.4 Å². The molecule has 2 aromatic heterocycles. The number of hydrogen-bond acceptors (Lipinski definition) is 9. The summed E-state index contributed by atoms with van der Waals surface area (Å²) in [5, 5.41) is 3.45. The second-order valence-electron chi connectivity index (χ2n) is 5.16. The fourth-order valence-electron chi connectivity index (χ4n) is 2.39. The van der Waals surface area contributed by atoms with Gasteiger partial charge in [-0.05, 0) is 32.3 Å². The smallest absolute Gasteiger partial charge is 0.342 e. The monoisotopic (exact) mass is 367 g/mol. The lowest BCUT2D eigenvalue weighted by Gasteiger charge is -2.17. The molecule has 0 bridgehead atoms. The highest BCUT2D eigenvalue weighted by atomic mass is 32.2. The van der Waals surface area contributed by atoms with Crippen molar-refractivity contribution in [1.29, 1.82) is 0 Å². The highest BCUT2D eigenvalue weighted by Crippen LogP contribution is 2.30. The van der Waals surface area contributed by atoms with Gasteiger partial charge in [0.1, 0.15) is 29.5 Å². The summed E-state index contributed by atoms with van der Waals surface area (Å²) >= 11 is 1.62. The van der Waals surface area contributed by atoms with Crippen LogP contribution in [-0.2, 0) is 14.3 Å². The average Bonchev–Trinajstić information content (AvgIpc) is 2.94. The average molecular weight is 367 g/mol. The number of carbonyl (C=O) groups excluding carboxylic acids is 2. The SMILES string of the molecule is CCOC(=O)c1c(C)oc2ncnc(N[C@H](CCSC)C(=O)OC)c12. The molecule has 0 amide bonds. The van der Waals surface area contributed by atoms with Crippen LogP contribution in [0.5, 0.6) is 0 Å². The lowest BCUT2D eigenvalue weighted by Crippen LogP contribution is -2.31. The van der Waals surface area contributed by atoms with Crippen LogP contribution in [0.1, 0.15) is 29.5 Å². The van der Waals surface area contributed by atoms with Gasteiger partial charge in [-0.2, -0.15) is 11.8 Å². The molecule has 0 fully saturated rings. The number of anilines is 1. The van der Waals surface area contributed by atoms with Crippen LogP contribution in [0.25, 0.3) is 11.1 Å². The third-order valence-electron chi connectivity index (χ3n) is 3.55. The number of nitrogens with one attached hydrogen (secondary N) is 1. The molecule has 136 valence electrons. The zero-order valence-corrected chi connectivity index (χ0v) is 15.4. The van der Waals surface area contributed by atoms with Crippen LogP contribution in [0, 0.1) is 6.92 Å². The zero-order chi connectivity index (χ0) is 18.4. The van der Waals surface area contributed by atoms with Crippen molar-refractivity contribution in [3.05, 3.63) is 17.7 Å². The molecule has 0 unspecified atom stereocenters. The Morgan fingerprint density at radius 2 is 2.16 bits per heavy atom. The van der Waals surface area contributed by atoms with Crippen molar-refractivity contribution in [3.63, 3.8) is 0 Å². The number of fused-ring (bicyclic) bond motifs is 1. The van der Waals surface area contributed by atoms with E-state index in [1.165, 1.54) is 13.4 Å². The van der Waals surface area contributed by atoms with Crippen LogP contribution < -0.4 is 5.32 Å². The molecule has 1 atom stereocenters. The van der Waals surface area contributed by atoms with Crippen molar-refractivity contribution in [2.45, 2.75) is 26.3 Å². The van der Waals surface area contributed by atoms with Gasteiger partial charge in [-0.25, -0.2) is 19.6 Å². The van der Waals surface area contributed by atoms with Crippen LogP contribution in [-0.4, -0.2) is 53.7 Å². The normalized spacial score (nSPS) is 12.0. The van der Waals surface area contributed by atoms with Crippen LogP contribution in [0.2, 0.25) is 0 Å². The van der Waals surface area contributed by atoms with E-state index in [4.69, 9.17) is 13.9 Å². The Labute approximate surface area is 149 Å². The van der Waals surface area contributed by atoms with Gasteiger partial charge in [0, 0.05) is 0 Å². The van der Waals surface area contributed by atoms with Crippen molar-refractivity contribution in [2.75, 3.05) is 31.0 Å². The summed E-state index contributed by atoms with van der Waals surface area (Å²) in [4.78, 5) is 32.6. The van der Waals surface area contributed by atoms with Crippen LogP contribution in [0.3, 0.4) is 0 Å². The lowest BCUT2D eigenvalue weighted by molar-refractivity contribution is -0.141. The first kappa shape index (κ1) is 19.0. The first-order valence-corrected chi connectivity index (χ1v) is 9.17. The maximum atomic E-state index is 12.3. The summed E-state index contributed by atoms with van der Waals surface area (Å²) in [6, 6.07) is -0.596. The number of esters is 2. The van der Waals surface area contributed by atoms with Gasteiger partial charge >= 0.3 is 11.9 Å². The highest BCUT2D eigenvalue weighted by molar-refractivity contribution is 7.98. The van der Waals surface area contributed by atoms with Crippen molar-refractivity contribution in [3.8, 4) is 0 Å². The van der Waals surface area contributed by atoms with Crippen molar-refractivity contribution >= 4 is 40.6 Å². The number of furan rings is 1. The van der Waals surface area contributed by atoms with Crippen LogP contribution in [0.4, 0.5) is 5.82 Å². The van der Waals surface area contributed by atoms with Crippen molar-refractivity contribution in [1.82, 2.24) is 9.97 Å². The molecule has 0 aromatic carbocycles. The number of methoxy groups -OCH3 is 1. The second-order valence-corrected chi connectivity index (χ2v) is 6.14. The second kappa shape index (κ2) is 8.70. The Morgan fingerprint density at radius 3 is 2.80 bits per heavy atom. The maximum absolute atomic E-state index is 12.3. The topological polar surface area (TPSA) is 104 Å². The molecule has 0 saturated carbocycles. The predicted octanol–water partition coefficient (Wildman–Crippen LogP) is 2.41. The molecule has 2 aromatic rings. The number of aromatic nitrogens is 2. The molecular weight excluding hydrogens is 346 g/mol. The van der Waals surface area contributed by atoms with E-state index in [-0.39, 0.29) is 17.9 Å². The van der Waals surface area contributed by atoms with E-state index < -0.39 is 18.0 Å². The molecule has 0 aliphatic rings. The van der Waals surface area contributed by atoms with E-state index >= 15 is 0 Å². The molecule has 9 heteroatoms. The van der Waals surface area contributed by atoms with Crippen molar-refractivity contribution in [2.24, 2.45) is 0 Å². The minimum Gasteiger partial charge on any atom is -0.467 e. The predicted molar refractivity (Wildman–Crippen MR) is 94.9 cm³/mol. The third-order valence-corrected chi connectivity index (χ3v) is 4.20. The summed E-state index contributed by atoms with van der Waals surface area (Å²) in [7, 11) is 1.33. The Balaban J connectivity index is 2.46. The van der Waals surface area contributed by atoms with Gasteiger partial charge in [0.2, 0.25) is 5.71 Å². The number of thioether (sulfide) groups is 1. The van der Waals surface area contributed by atoms with Crippen LogP contribution >= 0.6 is 11.8 Å². The summed E-state index contributed by atoms with van der Waals surface area (Å²) in [6.07, 6.45) is 3.81. The molecule has 2 rings (SSSR count). The van der Waals surface area contributed by atoms with Gasteiger partial charge in [0.15, 0.2) is 0 Å². The molecule has 1 N–H and O–H groups in total. The van der Waals surface area contributed by atoms with E-state index in [1.54, 1.807) is 25.6 Å². The Bertz CT molecular complexity index is 762. The van der Waals surface area contributed by atoms with Gasteiger partial charge < -0.3 is 19.2 Å². The number of nitrogens with zero attached hydrogens (tertiary/aromatic N) is 2. The van der Waals surface area contributed by atoms with Gasteiger partial charge in [0.05, 0.1) is 19.1 Å². The van der Waals surface area contributed by atoms with Gasteiger partial charge in [-0.3, -0.25) is 0 Å². The first-order valence-electron chi connectivity index (χ1n) is 7.77. The van der Waals surface area contributed by atoms with Gasteiger partial charge in [-0.1, -0.05) is 0 Å². The van der Waals surface area contributed by atoms with Crippen LogP contribution in [0.15, 0.2) is 10.7 Å². The van der Waals surface area contributed by atoms with E-state index in [0.717, 1.165) is 5.75 Å². The number of aryl methyl sites for hydroxylation is 1. The number of hydrogen-bond donors (Lipinski definition) is 1. The van der Waals surface area contributed by atoms with Crippen molar-refractivity contribution < 1.29 is 23.5 Å². The first-order chi connectivity index (χ1) is 12.0. The minimum atomic E-state index is -0.596. The Morgan fingerprint density at radius 1 is 1.40 bits per heavy atom. The summed E-state index contributed by atoms with van der Waals surface area (Å²) in [5.74, 6) is 0.557. The standard InChI is InChI=1S/C16H21N3O5S/c1-5-23-16(21)11-9(2)24-14-12(11)13(17-8-18-14)19-10(6-7-25-4)15(20)22-3/h8,10H,5-7H2,1-4H3,(H,17,18,19)/t10-/m1/s1. The fourth-order valence-corrected chi connectivity index (χ4v) is 2.87. The summed E-state index contributed by atoms with van der Waals surface area (Å²) in [5.41, 5.74) is 0.514. The molecule has 0 spiro atoms. The summed E-state index contributed by atoms with van der Waals surface area (Å²) < 4.78 is 15.5. The highest BCUT2D eigenvalue weighted by Gasteiger charge is 2.26. The minimum absolute atomic E-state index is 0.236. The summed E-state index contributed by atoms with van der Waals surface area (Å²) in [6.45, 7) is 3.62. The maximum Gasteiger partial charge on any atom is 0.342 e. The Hall–Kier alpha value is -2.29. The number of carbonyl (C=O) groups is 2. The molecule has 0 aliphatic carbocycles. The fraction of sp³-hybridized carbons (Fsp3) is 0.500. The van der Waals surface area contributed by atoms with E-state index in [1.807, 2.05) is 6.26 Å². The third kappa shape index (κ3) is 4.22.